The van der Waals surface area contributed by atoms with Gasteiger partial charge in [0.05, 0.1) is 0 Å². The zero-order valence-electron chi connectivity index (χ0n) is 20.0. The van der Waals surface area contributed by atoms with E-state index in [1.54, 1.807) is 4.90 Å². The van der Waals surface area contributed by atoms with Crippen molar-refractivity contribution in [2.45, 2.75) is 38.6 Å². The molecule has 7 nitrogen and oxygen atoms in total. The standard InChI is InChI=1S/C28H32N4O3/c33-26(34)25-11-15-32(29-25)27(35)31-17-13-28(14-18-31)12-16-30(21-28)20-22-7-6-10-24(19-22)23-8-4-2-1-3-5-9-23/h1-4,6-8,10-11,15,19H,5,9,12-14,16-18,20-21H2,(H,33,34)/b3-1+,4-2-,23-8+. The van der Waals surface area contributed by atoms with E-state index < -0.39 is 5.97 Å². The molecule has 0 unspecified atom stereocenters. The normalized spacial score (nSPS) is 23.3. The minimum Gasteiger partial charge on any atom is -0.476 e. The fourth-order valence-corrected chi connectivity index (χ4v) is 5.53. The Bertz CT molecular complexity index is 1180. The van der Waals surface area contributed by atoms with Crippen molar-refractivity contribution in [3.05, 3.63) is 83.7 Å². The van der Waals surface area contributed by atoms with Gasteiger partial charge in [0.2, 0.25) is 0 Å². The Morgan fingerprint density at radius 2 is 1.86 bits per heavy atom. The molecule has 1 aromatic heterocycles. The van der Waals surface area contributed by atoms with Crippen LogP contribution in [0.3, 0.4) is 0 Å². The van der Waals surface area contributed by atoms with Crippen LogP contribution >= 0.6 is 0 Å². The van der Waals surface area contributed by atoms with Crippen molar-refractivity contribution >= 4 is 17.6 Å². The number of likely N-dealkylation sites (tertiary alicyclic amines) is 2. The van der Waals surface area contributed by atoms with Crippen molar-refractivity contribution in [2.75, 3.05) is 26.2 Å². The van der Waals surface area contributed by atoms with Gasteiger partial charge >= 0.3 is 12.0 Å². The highest BCUT2D eigenvalue weighted by atomic mass is 16.4. The Balaban J connectivity index is 1.17. The quantitative estimate of drug-likeness (QED) is 0.690. The highest BCUT2D eigenvalue weighted by Crippen LogP contribution is 2.41. The Labute approximate surface area is 206 Å². The van der Waals surface area contributed by atoms with E-state index in [0.29, 0.717) is 13.1 Å². The zero-order chi connectivity index (χ0) is 24.3. The number of carbonyl (C=O) groups excluding carboxylic acids is 1. The fourth-order valence-electron chi connectivity index (χ4n) is 5.53. The number of allylic oxidation sites excluding steroid dienone is 6. The average molecular weight is 473 g/mol. The van der Waals surface area contributed by atoms with Crippen molar-refractivity contribution < 1.29 is 14.7 Å². The number of rotatable bonds is 4. The van der Waals surface area contributed by atoms with Gasteiger partial charge < -0.3 is 10.0 Å². The predicted molar refractivity (Wildman–Crippen MR) is 135 cm³/mol. The first-order valence-electron chi connectivity index (χ1n) is 12.4. The largest absolute Gasteiger partial charge is 0.476 e. The van der Waals surface area contributed by atoms with Gasteiger partial charge in [-0.15, -0.1) is 0 Å². The monoisotopic (exact) mass is 472 g/mol. The van der Waals surface area contributed by atoms with Gasteiger partial charge in [-0.3, -0.25) is 4.90 Å². The molecule has 0 atom stereocenters. The summed E-state index contributed by atoms with van der Waals surface area (Å²) in [7, 11) is 0. The molecule has 3 aliphatic rings. The van der Waals surface area contributed by atoms with Crippen molar-refractivity contribution in [1.29, 1.82) is 0 Å². The number of aromatic nitrogens is 2. The molecule has 5 rings (SSSR count). The summed E-state index contributed by atoms with van der Waals surface area (Å²) < 4.78 is 1.15. The average Bonchev–Trinajstić information content (AvgIpc) is 3.47. The molecule has 1 N–H and O–H groups in total. The second-order valence-corrected chi connectivity index (χ2v) is 9.92. The Morgan fingerprint density at radius 3 is 2.66 bits per heavy atom. The van der Waals surface area contributed by atoms with Gasteiger partial charge in [-0.1, -0.05) is 54.6 Å². The molecule has 2 aliphatic heterocycles. The third kappa shape index (κ3) is 5.30. The number of carboxylic acid groups (broad SMARTS) is 1. The molecule has 2 saturated heterocycles. The molecule has 3 heterocycles. The van der Waals surface area contributed by atoms with Gasteiger partial charge in [0, 0.05) is 32.4 Å². The zero-order valence-corrected chi connectivity index (χ0v) is 20.0. The number of amides is 1. The lowest BCUT2D eigenvalue weighted by atomic mass is 9.78. The Hall–Kier alpha value is -3.45. The molecule has 0 bridgehead atoms. The third-order valence-electron chi connectivity index (χ3n) is 7.56. The van der Waals surface area contributed by atoms with Crippen LogP contribution in [-0.4, -0.2) is 62.9 Å². The van der Waals surface area contributed by atoms with E-state index in [1.165, 1.54) is 29.0 Å². The highest BCUT2D eigenvalue weighted by molar-refractivity contribution is 5.86. The number of carbonyl (C=O) groups is 2. The van der Waals surface area contributed by atoms with Crippen LogP contribution in [0.2, 0.25) is 0 Å². The summed E-state index contributed by atoms with van der Waals surface area (Å²) in [6.45, 7) is 4.45. The highest BCUT2D eigenvalue weighted by Gasteiger charge is 2.41. The molecule has 7 heteroatoms. The third-order valence-corrected chi connectivity index (χ3v) is 7.56. The molecule has 0 saturated carbocycles. The fraction of sp³-hybridized carbons (Fsp3) is 0.393. The molecule has 1 aromatic carbocycles. The van der Waals surface area contributed by atoms with E-state index in [2.05, 4.69) is 64.6 Å². The minimum atomic E-state index is -1.12. The smallest absolute Gasteiger partial charge is 0.356 e. The summed E-state index contributed by atoms with van der Waals surface area (Å²) in [4.78, 5) is 28.2. The first-order chi connectivity index (χ1) is 17.0. The van der Waals surface area contributed by atoms with Crippen LogP contribution in [0.25, 0.3) is 5.57 Å². The molecule has 1 aliphatic carbocycles. The maximum atomic E-state index is 12.8. The molecular weight excluding hydrogens is 440 g/mol. The van der Waals surface area contributed by atoms with Gasteiger partial charge in [0.25, 0.3) is 0 Å². The van der Waals surface area contributed by atoms with Gasteiger partial charge in [-0.05, 0) is 66.8 Å². The SMILES string of the molecule is O=C(O)c1ccn(C(=O)N2CCC3(CCN(Cc4cccc(/C5=C/C=C\C=C\CC5)c4)C3)CC2)n1. The lowest BCUT2D eigenvalue weighted by molar-refractivity contribution is 0.0689. The number of hydrogen-bond donors (Lipinski definition) is 1. The molecule has 1 spiro atoms. The number of piperidine rings is 1. The summed E-state index contributed by atoms with van der Waals surface area (Å²) >= 11 is 0. The van der Waals surface area contributed by atoms with E-state index in [9.17, 15) is 9.59 Å². The summed E-state index contributed by atoms with van der Waals surface area (Å²) in [6.07, 6.45) is 17.4. The van der Waals surface area contributed by atoms with Crippen LogP contribution < -0.4 is 0 Å². The molecule has 0 radical (unpaired) electrons. The lowest BCUT2D eigenvalue weighted by Gasteiger charge is -2.39. The number of nitrogens with zero attached hydrogens (tertiary/aromatic N) is 4. The van der Waals surface area contributed by atoms with Crippen LogP contribution in [0.5, 0.6) is 0 Å². The molecule has 182 valence electrons. The number of hydrogen-bond acceptors (Lipinski definition) is 4. The van der Waals surface area contributed by atoms with Crippen LogP contribution in [0.15, 0.2) is 66.9 Å². The van der Waals surface area contributed by atoms with Crippen LogP contribution in [0.1, 0.15) is 53.7 Å². The number of benzene rings is 1. The second-order valence-electron chi connectivity index (χ2n) is 9.92. The summed E-state index contributed by atoms with van der Waals surface area (Å²) in [5.74, 6) is -1.12. The number of aromatic carboxylic acids is 1. The van der Waals surface area contributed by atoms with Gasteiger partial charge in [0.1, 0.15) is 0 Å². The molecule has 2 fully saturated rings. The number of carboxylic acids is 1. The maximum Gasteiger partial charge on any atom is 0.356 e. The molecule has 35 heavy (non-hydrogen) atoms. The summed E-state index contributed by atoms with van der Waals surface area (Å²) in [5.41, 5.74) is 4.19. The van der Waals surface area contributed by atoms with Crippen molar-refractivity contribution in [1.82, 2.24) is 19.6 Å². The van der Waals surface area contributed by atoms with Gasteiger partial charge in [0.15, 0.2) is 5.69 Å². The van der Waals surface area contributed by atoms with Crippen molar-refractivity contribution in [3.63, 3.8) is 0 Å². The first-order valence-corrected chi connectivity index (χ1v) is 12.4. The molecule has 1 amide bonds. The van der Waals surface area contributed by atoms with Crippen molar-refractivity contribution in [3.8, 4) is 0 Å². The minimum absolute atomic E-state index is 0.110. The Kier molecular flexibility index (Phi) is 6.68. The second kappa shape index (κ2) is 10.0. The van der Waals surface area contributed by atoms with Crippen molar-refractivity contribution in [2.24, 2.45) is 5.41 Å². The van der Waals surface area contributed by atoms with Gasteiger partial charge in [-0.2, -0.15) is 9.78 Å². The van der Waals surface area contributed by atoms with E-state index in [0.717, 1.165) is 56.4 Å². The van der Waals surface area contributed by atoms with E-state index in [4.69, 9.17) is 5.11 Å². The summed E-state index contributed by atoms with van der Waals surface area (Å²) in [5, 5.41) is 12.9. The molecular formula is C28H32N4O3. The Morgan fingerprint density at radius 1 is 1.03 bits per heavy atom. The van der Waals surface area contributed by atoms with E-state index in [-0.39, 0.29) is 17.1 Å². The van der Waals surface area contributed by atoms with E-state index >= 15 is 0 Å². The van der Waals surface area contributed by atoms with Crippen LogP contribution in [0.4, 0.5) is 4.79 Å². The molecule has 2 aromatic rings. The van der Waals surface area contributed by atoms with E-state index in [1.807, 2.05) is 0 Å². The first kappa shape index (κ1) is 23.3. The summed E-state index contributed by atoms with van der Waals surface area (Å²) in [6, 6.07) is 10.1. The topological polar surface area (TPSA) is 78.7 Å². The predicted octanol–water partition coefficient (Wildman–Crippen LogP) is 4.83. The van der Waals surface area contributed by atoms with Crippen LogP contribution in [-0.2, 0) is 6.54 Å². The van der Waals surface area contributed by atoms with Crippen LogP contribution in [0, 0.1) is 5.41 Å². The lowest BCUT2D eigenvalue weighted by Crippen LogP contribution is -2.45. The maximum absolute atomic E-state index is 12.8. The van der Waals surface area contributed by atoms with Gasteiger partial charge in [-0.25, -0.2) is 9.59 Å².